The summed E-state index contributed by atoms with van der Waals surface area (Å²) in [5.74, 6) is 0. The number of aliphatic hydroxyl groups is 2. The molecule has 0 aliphatic carbocycles. The van der Waals surface area contributed by atoms with Crippen LogP contribution in [0.25, 0.3) is 0 Å². The Labute approximate surface area is 104 Å². The van der Waals surface area contributed by atoms with Gasteiger partial charge in [-0.2, -0.15) is 26.3 Å². The third-order valence-corrected chi connectivity index (χ3v) is 2.40. The molecule has 0 spiro atoms. The average Bonchev–Trinajstić information content (AvgIpc) is 2.26. The Balaban J connectivity index is 3.33. The zero-order chi connectivity index (χ0) is 14.8. The van der Waals surface area contributed by atoms with E-state index >= 15 is 0 Å². The van der Waals surface area contributed by atoms with Crippen LogP contribution in [-0.2, 0) is 12.4 Å². The van der Waals surface area contributed by atoms with Crippen molar-refractivity contribution in [1.29, 1.82) is 0 Å². The highest BCUT2D eigenvalue weighted by atomic mass is 19.4. The lowest BCUT2D eigenvalue weighted by Gasteiger charge is -2.16. The Morgan fingerprint density at radius 2 is 1.32 bits per heavy atom. The van der Waals surface area contributed by atoms with Crippen molar-refractivity contribution >= 4 is 0 Å². The van der Waals surface area contributed by atoms with Crippen LogP contribution in [-0.4, -0.2) is 16.8 Å². The number of halogens is 6. The summed E-state index contributed by atoms with van der Waals surface area (Å²) in [6.07, 6.45) is -11.8. The molecule has 1 atom stereocenters. The van der Waals surface area contributed by atoms with Crippen LogP contribution < -0.4 is 0 Å². The van der Waals surface area contributed by atoms with Gasteiger partial charge in [-0.15, -0.1) is 0 Å². The molecule has 0 aliphatic heterocycles. The second-order valence-corrected chi connectivity index (χ2v) is 3.87. The molecule has 2 nitrogen and oxygen atoms in total. The van der Waals surface area contributed by atoms with E-state index in [0.29, 0.717) is 12.1 Å². The molecular formula is C11H10F6O2. The van der Waals surface area contributed by atoms with Gasteiger partial charge in [0.15, 0.2) is 0 Å². The van der Waals surface area contributed by atoms with Crippen molar-refractivity contribution < 1.29 is 36.6 Å². The molecule has 0 unspecified atom stereocenters. The first-order valence-corrected chi connectivity index (χ1v) is 5.14. The largest absolute Gasteiger partial charge is 0.416 e. The van der Waals surface area contributed by atoms with Crippen molar-refractivity contribution in [3.05, 3.63) is 34.9 Å². The van der Waals surface area contributed by atoms with E-state index in [1.54, 1.807) is 0 Å². The molecule has 0 amide bonds. The Kier molecular flexibility index (Phi) is 4.46. The first kappa shape index (κ1) is 15.8. The highest BCUT2D eigenvalue weighted by Crippen LogP contribution is 2.37. The van der Waals surface area contributed by atoms with Crippen LogP contribution in [0.5, 0.6) is 0 Å². The molecule has 1 aromatic rings. The lowest BCUT2D eigenvalue weighted by atomic mass is 9.99. The third kappa shape index (κ3) is 4.10. The van der Waals surface area contributed by atoms with E-state index in [1.165, 1.54) is 0 Å². The lowest BCUT2D eigenvalue weighted by molar-refractivity contribution is -0.143. The molecule has 0 bridgehead atoms. The molecule has 0 fully saturated rings. The van der Waals surface area contributed by atoms with Gasteiger partial charge in [0.05, 0.1) is 17.2 Å². The van der Waals surface area contributed by atoms with Gasteiger partial charge < -0.3 is 10.2 Å². The molecule has 0 aromatic heterocycles. The summed E-state index contributed by atoms with van der Waals surface area (Å²) in [5.41, 5.74) is -3.51. The summed E-state index contributed by atoms with van der Waals surface area (Å²) in [6, 6.07) is 0.861. The SMILES string of the molecule is OCC[C@@H](O)c1cc(C(F)(F)F)cc(C(F)(F)F)c1. The number of alkyl halides is 6. The van der Waals surface area contributed by atoms with Crippen molar-refractivity contribution in [2.24, 2.45) is 0 Å². The van der Waals surface area contributed by atoms with Crippen molar-refractivity contribution in [1.82, 2.24) is 0 Å². The van der Waals surface area contributed by atoms with Crippen LogP contribution in [0.15, 0.2) is 18.2 Å². The summed E-state index contributed by atoms with van der Waals surface area (Å²) in [5, 5.41) is 18.0. The first-order valence-electron chi connectivity index (χ1n) is 5.14. The second kappa shape index (κ2) is 5.38. The van der Waals surface area contributed by atoms with E-state index < -0.39 is 41.8 Å². The topological polar surface area (TPSA) is 40.5 Å². The molecule has 0 radical (unpaired) electrons. The van der Waals surface area contributed by atoms with Crippen molar-refractivity contribution in [3.63, 3.8) is 0 Å². The van der Waals surface area contributed by atoms with Crippen LogP contribution in [0, 0.1) is 0 Å². The number of rotatable bonds is 3. The maximum absolute atomic E-state index is 12.5. The molecule has 0 saturated heterocycles. The van der Waals surface area contributed by atoms with Crippen LogP contribution in [0.2, 0.25) is 0 Å². The van der Waals surface area contributed by atoms with E-state index in [9.17, 15) is 31.4 Å². The van der Waals surface area contributed by atoms with Gasteiger partial charge in [0.1, 0.15) is 0 Å². The Bertz CT molecular complexity index is 406. The van der Waals surface area contributed by atoms with E-state index in [0.717, 1.165) is 0 Å². The minimum atomic E-state index is -4.95. The molecular weight excluding hydrogens is 278 g/mol. The molecule has 0 saturated carbocycles. The fraction of sp³-hybridized carbons (Fsp3) is 0.455. The summed E-state index contributed by atoms with van der Waals surface area (Å²) in [4.78, 5) is 0. The van der Waals surface area contributed by atoms with Gasteiger partial charge >= 0.3 is 12.4 Å². The summed E-state index contributed by atoms with van der Waals surface area (Å²) in [6.45, 7) is -0.557. The highest BCUT2D eigenvalue weighted by Gasteiger charge is 2.37. The maximum Gasteiger partial charge on any atom is 0.416 e. The van der Waals surface area contributed by atoms with Crippen LogP contribution in [0.4, 0.5) is 26.3 Å². The normalized spacial score (nSPS) is 14.5. The number of hydrogen-bond acceptors (Lipinski definition) is 2. The number of aliphatic hydroxyl groups excluding tert-OH is 2. The van der Waals surface area contributed by atoms with Crippen LogP contribution in [0.3, 0.4) is 0 Å². The smallest absolute Gasteiger partial charge is 0.396 e. The van der Waals surface area contributed by atoms with Gasteiger partial charge in [0.25, 0.3) is 0 Å². The van der Waals surface area contributed by atoms with Gasteiger partial charge in [0, 0.05) is 13.0 Å². The lowest BCUT2D eigenvalue weighted by Crippen LogP contribution is -2.13. The van der Waals surface area contributed by atoms with Crippen LogP contribution >= 0.6 is 0 Å². The van der Waals surface area contributed by atoms with Crippen molar-refractivity contribution in [2.45, 2.75) is 24.9 Å². The molecule has 108 valence electrons. The summed E-state index contributed by atoms with van der Waals surface area (Å²) in [7, 11) is 0. The predicted molar refractivity (Wildman–Crippen MR) is 53.1 cm³/mol. The highest BCUT2D eigenvalue weighted by molar-refractivity contribution is 5.34. The second-order valence-electron chi connectivity index (χ2n) is 3.87. The van der Waals surface area contributed by atoms with E-state index in [4.69, 9.17) is 5.11 Å². The van der Waals surface area contributed by atoms with E-state index in [1.807, 2.05) is 0 Å². The Hall–Kier alpha value is -1.28. The monoisotopic (exact) mass is 288 g/mol. The zero-order valence-electron chi connectivity index (χ0n) is 9.39. The molecule has 0 heterocycles. The zero-order valence-corrected chi connectivity index (χ0v) is 9.39. The van der Waals surface area contributed by atoms with Crippen molar-refractivity contribution in [3.8, 4) is 0 Å². The quantitative estimate of drug-likeness (QED) is 0.839. The van der Waals surface area contributed by atoms with Gasteiger partial charge in [-0.25, -0.2) is 0 Å². The predicted octanol–water partition coefficient (Wildman–Crippen LogP) is 3.14. The standard InChI is InChI=1S/C11H10F6O2/c12-10(13,14)7-3-6(9(19)1-2-18)4-8(5-7)11(15,16)17/h3-5,9,18-19H,1-2H2/t9-/m1/s1. The van der Waals surface area contributed by atoms with E-state index in [2.05, 4.69) is 0 Å². The number of hydrogen-bond donors (Lipinski definition) is 2. The average molecular weight is 288 g/mol. The summed E-state index contributed by atoms with van der Waals surface area (Å²) >= 11 is 0. The molecule has 8 heteroatoms. The minimum Gasteiger partial charge on any atom is -0.396 e. The molecule has 2 N–H and O–H groups in total. The Morgan fingerprint density at radius 3 is 1.63 bits per heavy atom. The molecule has 0 aliphatic rings. The third-order valence-electron chi connectivity index (χ3n) is 2.40. The fourth-order valence-electron chi connectivity index (χ4n) is 1.46. The minimum absolute atomic E-state index is 0.0187. The van der Waals surface area contributed by atoms with Crippen LogP contribution in [0.1, 0.15) is 29.2 Å². The Morgan fingerprint density at radius 1 is 0.895 bits per heavy atom. The fourth-order valence-corrected chi connectivity index (χ4v) is 1.46. The van der Waals surface area contributed by atoms with Gasteiger partial charge in [-0.3, -0.25) is 0 Å². The van der Waals surface area contributed by atoms with Gasteiger partial charge in [0.2, 0.25) is 0 Å². The van der Waals surface area contributed by atoms with Gasteiger partial charge in [-0.05, 0) is 23.8 Å². The molecule has 1 aromatic carbocycles. The van der Waals surface area contributed by atoms with Gasteiger partial charge in [-0.1, -0.05) is 0 Å². The van der Waals surface area contributed by atoms with Crippen molar-refractivity contribution in [2.75, 3.05) is 6.61 Å². The molecule has 19 heavy (non-hydrogen) atoms. The number of benzene rings is 1. The van der Waals surface area contributed by atoms with E-state index in [-0.39, 0.29) is 12.5 Å². The first-order chi connectivity index (χ1) is 8.55. The molecule has 1 rings (SSSR count). The maximum atomic E-state index is 12.5. The summed E-state index contributed by atoms with van der Waals surface area (Å²) < 4.78 is 74.9.